The summed E-state index contributed by atoms with van der Waals surface area (Å²) in [7, 11) is 0. The fourth-order valence-corrected chi connectivity index (χ4v) is 1.29. The van der Waals surface area contributed by atoms with Crippen molar-refractivity contribution in [2.24, 2.45) is 5.16 Å². The molecule has 0 aliphatic heterocycles. The van der Waals surface area contributed by atoms with Crippen LogP contribution in [0.5, 0.6) is 5.75 Å². The van der Waals surface area contributed by atoms with Crippen LogP contribution in [0, 0.1) is 0 Å². The van der Waals surface area contributed by atoms with E-state index < -0.39 is 6.36 Å². The highest BCUT2D eigenvalue weighted by Crippen LogP contribution is 2.23. The number of unbranched alkanes of at least 4 members (excludes halogenated alkanes) is 2. The van der Waals surface area contributed by atoms with E-state index in [1.165, 1.54) is 18.2 Å². The first-order valence-corrected chi connectivity index (χ1v) is 5.91. The minimum Gasteiger partial charge on any atom is -0.406 e. The van der Waals surface area contributed by atoms with E-state index in [-0.39, 0.29) is 12.4 Å². The van der Waals surface area contributed by atoms with E-state index >= 15 is 0 Å². The standard InChI is InChI=1S/C13H15F3NO2/c1-2-3-4-8-17-18-10-11-6-5-7-12(9-11)19-13(14,15)16/h5-7,9H,2-4,10H2,1H3. The van der Waals surface area contributed by atoms with Gasteiger partial charge in [0.25, 0.3) is 0 Å². The average Bonchev–Trinajstić information content (AvgIpc) is 2.32. The number of rotatable bonds is 7. The van der Waals surface area contributed by atoms with E-state index in [1.54, 1.807) is 6.07 Å². The molecule has 6 heteroatoms. The van der Waals surface area contributed by atoms with Gasteiger partial charge >= 0.3 is 6.36 Å². The molecule has 0 unspecified atom stereocenters. The van der Waals surface area contributed by atoms with E-state index in [0.29, 0.717) is 12.0 Å². The van der Waals surface area contributed by atoms with Crippen LogP contribution in [-0.2, 0) is 11.4 Å². The van der Waals surface area contributed by atoms with Gasteiger partial charge in [0.15, 0.2) is 0 Å². The molecule has 0 aliphatic rings. The zero-order valence-corrected chi connectivity index (χ0v) is 10.5. The predicted octanol–water partition coefficient (Wildman–Crippen LogP) is 4.15. The Morgan fingerprint density at radius 1 is 1.32 bits per heavy atom. The third-order valence-electron chi connectivity index (χ3n) is 2.13. The molecule has 0 aliphatic carbocycles. The van der Waals surface area contributed by atoms with Crippen LogP contribution < -0.4 is 4.74 Å². The zero-order chi connectivity index (χ0) is 14.1. The van der Waals surface area contributed by atoms with E-state index in [9.17, 15) is 13.2 Å². The molecule has 0 spiro atoms. The summed E-state index contributed by atoms with van der Waals surface area (Å²) in [6.45, 7) is 2.13. The van der Waals surface area contributed by atoms with Gasteiger partial charge in [0.05, 0.1) is 0 Å². The molecule has 1 aromatic rings. The van der Waals surface area contributed by atoms with Crippen LogP contribution in [0.2, 0.25) is 0 Å². The Hall–Kier alpha value is -1.72. The molecule has 1 rings (SSSR count). The van der Waals surface area contributed by atoms with Crippen LogP contribution in [0.15, 0.2) is 29.4 Å². The molecule has 0 aromatic heterocycles. The quantitative estimate of drug-likeness (QED) is 0.425. The van der Waals surface area contributed by atoms with Gasteiger partial charge in [-0.15, -0.1) is 13.2 Å². The van der Waals surface area contributed by atoms with Gasteiger partial charge in [-0.2, -0.15) is 0 Å². The molecule has 0 heterocycles. The maximum absolute atomic E-state index is 12.0. The van der Waals surface area contributed by atoms with Crippen LogP contribution in [0.4, 0.5) is 13.2 Å². The molecule has 0 amide bonds. The van der Waals surface area contributed by atoms with Crippen molar-refractivity contribution in [3.05, 3.63) is 29.8 Å². The molecule has 0 N–H and O–H groups in total. The fraction of sp³-hybridized carbons (Fsp3) is 0.462. The Bertz CT molecular complexity index is 405. The van der Waals surface area contributed by atoms with Crippen molar-refractivity contribution in [2.45, 2.75) is 39.2 Å². The molecule has 1 radical (unpaired) electrons. The van der Waals surface area contributed by atoms with Crippen molar-refractivity contribution in [1.29, 1.82) is 0 Å². The average molecular weight is 274 g/mol. The Morgan fingerprint density at radius 3 is 2.79 bits per heavy atom. The van der Waals surface area contributed by atoms with Crippen molar-refractivity contribution in [2.75, 3.05) is 0 Å². The molecular formula is C13H15F3NO2. The Labute approximate surface area is 110 Å². The molecule has 0 atom stereocenters. The lowest BCUT2D eigenvalue weighted by Crippen LogP contribution is -2.17. The molecular weight excluding hydrogens is 259 g/mol. The maximum Gasteiger partial charge on any atom is 0.573 e. The van der Waals surface area contributed by atoms with Crippen molar-refractivity contribution in [1.82, 2.24) is 0 Å². The smallest absolute Gasteiger partial charge is 0.406 e. The lowest BCUT2D eigenvalue weighted by molar-refractivity contribution is -0.274. The van der Waals surface area contributed by atoms with Crippen molar-refractivity contribution >= 4 is 6.21 Å². The molecule has 19 heavy (non-hydrogen) atoms. The van der Waals surface area contributed by atoms with E-state index in [0.717, 1.165) is 12.8 Å². The summed E-state index contributed by atoms with van der Waals surface area (Å²) in [4.78, 5) is 4.93. The van der Waals surface area contributed by atoms with Gasteiger partial charge in [-0.05, 0) is 30.5 Å². The number of hydrogen-bond acceptors (Lipinski definition) is 3. The summed E-state index contributed by atoms with van der Waals surface area (Å²) in [5, 5.41) is 3.60. The van der Waals surface area contributed by atoms with Gasteiger partial charge in [-0.1, -0.05) is 30.6 Å². The van der Waals surface area contributed by atoms with Crippen molar-refractivity contribution < 1.29 is 22.7 Å². The van der Waals surface area contributed by atoms with E-state index in [1.807, 2.05) is 0 Å². The number of benzene rings is 1. The fourth-order valence-electron chi connectivity index (χ4n) is 1.29. The summed E-state index contributed by atoms with van der Waals surface area (Å²) >= 11 is 0. The zero-order valence-electron chi connectivity index (χ0n) is 10.5. The van der Waals surface area contributed by atoms with Gasteiger partial charge in [0.2, 0.25) is 0 Å². The Kier molecular flexibility index (Phi) is 6.18. The van der Waals surface area contributed by atoms with Crippen molar-refractivity contribution in [3.63, 3.8) is 0 Å². The Morgan fingerprint density at radius 2 is 2.11 bits per heavy atom. The number of halogens is 3. The van der Waals surface area contributed by atoms with Gasteiger partial charge in [0, 0.05) is 0 Å². The normalized spacial score (nSPS) is 11.8. The van der Waals surface area contributed by atoms with Crippen LogP contribution in [-0.4, -0.2) is 12.6 Å². The monoisotopic (exact) mass is 274 g/mol. The van der Waals surface area contributed by atoms with Crippen molar-refractivity contribution in [3.8, 4) is 5.75 Å². The first-order chi connectivity index (χ1) is 9.01. The van der Waals surface area contributed by atoms with Crippen LogP contribution in [0.25, 0.3) is 0 Å². The van der Waals surface area contributed by atoms with Gasteiger partial charge < -0.3 is 9.57 Å². The summed E-state index contributed by atoms with van der Waals surface area (Å²) in [6, 6.07) is 5.58. The minimum absolute atomic E-state index is 0.0776. The second-order valence-electron chi connectivity index (χ2n) is 3.82. The number of ether oxygens (including phenoxy) is 1. The minimum atomic E-state index is -4.69. The molecule has 105 valence electrons. The first-order valence-electron chi connectivity index (χ1n) is 5.91. The summed E-state index contributed by atoms with van der Waals surface area (Å²) < 4.78 is 39.8. The molecule has 0 saturated heterocycles. The predicted molar refractivity (Wildman–Crippen MR) is 64.9 cm³/mol. The molecule has 3 nitrogen and oxygen atoms in total. The van der Waals surface area contributed by atoms with Gasteiger partial charge in [-0.3, -0.25) is 0 Å². The third-order valence-corrected chi connectivity index (χ3v) is 2.13. The van der Waals surface area contributed by atoms with E-state index in [2.05, 4.69) is 23.0 Å². The highest BCUT2D eigenvalue weighted by Gasteiger charge is 2.31. The van der Waals surface area contributed by atoms with E-state index in [4.69, 9.17) is 4.84 Å². The van der Waals surface area contributed by atoms with Crippen LogP contribution in [0.1, 0.15) is 31.7 Å². The second kappa shape index (κ2) is 7.66. The summed E-state index contributed by atoms with van der Waals surface area (Å²) in [5.41, 5.74) is 0.544. The largest absolute Gasteiger partial charge is 0.573 e. The SMILES string of the molecule is CCCC/[C]=N/OCc1cccc(OC(F)(F)F)c1. The number of hydrogen-bond donors (Lipinski definition) is 0. The highest BCUT2D eigenvalue weighted by molar-refractivity contribution is 5.56. The second-order valence-corrected chi connectivity index (χ2v) is 3.82. The number of nitrogens with zero attached hydrogens (tertiary/aromatic N) is 1. The highest BCUT2D eigenvalue weighted by atomic mass is 19.4. The first kappa shape index (κ1) is 15.3. The molecule has 0 saturated carbocycles. The summed E-state index contributed by atoms with van der Waals surface area (Å²) in [6.07, 6.45) is 0.729. The van der Waals surface area contributed by atoms with Gasteiger partial charge in [-0.25, -0.2) is 0 Å². The van der Waals surface area contributed by atoms with Crippen LogP contribution >= 0.6 is 0 Å². The molecule has 0 fully saturated rings. The molecule has 1 aromatic carbocycles. The lowest BCUT2D eigenvalue weighted by Gasteiger charge is -2.09. The Balaban J connectivity index is 2.42. The van der Waals surface area contributed by atoms with Crippen LogP contribution in [0.3, 0.4) is 0 Å². The third kappa shape index (κ3) is 7.33. The number of alkyl halides is 3. The lowest BCUT2D eigenvalue weighted by atomic mass is 10.2. The summed E-state index contributed by atoms with van der Waals surface area (Å²) in [5.74, 6) is -0.271. The maximum atomic E-state index is 12.0. The topological polar surface area (TPSA) is 30.8 Å². The molecule has 0 bridgehead atoms. The van der Waals surface area contributed by atoms with Gasteiger partial charge in [0.1, 0.15) is 18.6 Å².